The Hall–Kier alpha value is -1.39. The zero-order chi connectivity index (χ0) is 14.1. The van der Waals surface area contributed by atoms with Gasteiger partial charge in [-0.25, -0.2) is 0 Å². The number of aliphatic hydroxyl groups is 1. The number of amides is 1. The molecule has 0 saturated heterocycles. The third-order valence-corrected chi connectivity index (χ3v) is 3.14. The van der Waals surface area contributed by atoms with E-state index < -0.39 is 0 Å². The molecule has 0 aliphatic carbocycles. The van der Waals surface area contributed by atoms with Crippen molar-refractivity contribution in [1.29, 1.82) is 0 Å². The lowest BCUT2D eigenvalue weighted by molar-refractivity contribution is 0.0941. The Kier molecular flexibility index (Phi) is 7.15. The molecule has 0 heterocycles. The quantitative estimate of drug-likeness (QED) is 0.664. The number of rotatable bonds is 8. The summed E-state index contributed by atoms with van der Waals surface area (Å²) < 4.78 is 0. The van der Waals surface area contributed by atoms with E-state index in [-0.39, 0.29) is 12.0 Å². The Morgan fingerprint density at radius 1 is 1.32 bits per heavy atom. The number of hydrogen-bond acceptors (Lipinski definition) is 3. The number of aliphatic hydroxyl groups excluding tert-OH is 1. The van der Waals surface area contributed by atoms with E-state index in [1.54, 1.807) is 0 Å². The molecule has 0 aliphatic rings. The van der Waals surface area contributed by atoms with Crippen molar-refractivity contribution in [1.82, 2.24) is 10.6 Å². The van der Waals surface area contributed by atoms with Crippen LogP contribution in [0.25, 0.3) is 0 Å². The summed E-state index contributed by atoms with van der Waals surface area (Å²) in [6.45, 7) is 3.28. The third kappa shape index (κ3) is 5.41. The van der Waals surface area contributed by atoms with Crippen LogP contribution in [0, 0.1) is 0 Å². The van der Waals surface area contributed by atoms with Gasteiger partial charge in [-0.3, -0.25) is 4.79 Å². The second-order valence-corrected chi connectivity index (χ2v) is 4.62. The van der Waals surface area contributed by atoms with Crippen molar-refractivity contribution < 1.29 is 9.90 Å². The summed E-state index contributed by atoms with van der Waals surface area (Å²) in [7, 11) is 1.90. The third-order valence-electron chi connectivity index (χ3n) is 3.14. The molecule has 1 atom stereocenters. The van der Waals surface area contributed by atoms with Gasteiger partial charge >= 0.3 is 0 Å². The fourth-order valence-electron chi connectivity index (χ4n) is 1.87. The van der Waals surface area contributed by atoms with Gasteiger partial charge in [0.15, 0.2) is 0 Å². The van der Waals surface area contributed by atoms with Crippen molar-refractivity contribution in [2.45, 2.75) is 32.3 Å². The zero-order valence-electron chi connectivity index (χ0n) is 11.8. The van der Waals surface area contributed by atoms with Crippen LogP contribution >= 0.6 is 0 Å². The van der Waals surface area contributed by atoms with Gasteiger partial charge in [-0.1, -0.05) is 25.1 Å². The number of carbonyl (C=O) groups excluding carboxylic acids is 1. The largest absolute Gasteiger partial charge is 0.393 e. The molecule has 1 amide bonds. The summed E-state index contributed by atoms with van der Waals surface area (Å²) in [5.41, 5.74) is 1.77. The van der Waals surface area contributed by atoms with Gasteiger partial charge in [0.05, 0.1) is 6.10 Å². The van der Waals surface area contributed by atoms with Gasteiger partial charge in [0.25, 0.3) is 5.91 Å². The second kappa shape index (κ2) is 8.67. The first-order chi connectivity index (χ1) is 9.19. The number of hydrogen-bond donors (Lipinski definition) is 3. The van der Waals surface area contributed by atoms with Crippen molar-refractivity contribution in [3.8, 4) is 0 Å². The van der Waals surface area contributed by atoms with Crippen molar-refractivity contribution in [2.75, 3.05) is 20.1 Å². The molecule has 0 radical (unpaired) electrons. The van der Waals surface area contributed by atoms with Crippen molar-refractivity contribution in [3.63, 3.8) is 0 Å². The first kappa shape index (κ1) is 15.7. The van der Waals surface area contributed by atoms with Crippen LogP contribution in [0.3, 0.4) is 0 Å². The molecule has 0 saturated carbocycles. The van der Waals surface area contributed by atoms with Gasteiger partial charge in [-0.2, -0.15) is 0 Å². The van der Waals surface area contributed by atoms with E-state index in [2.05, 4.69) is 10.6 Å². The maximum atomic E-state index is 12.1. The Morgan fingerprint density at radius 3 is 2.74 bits per heavy atom. The molecule has 1 aromatic carbocycles. The van der Waals surface area contributed by atoms with E-state index in [0.29, 0.717) is 19.4 Å². The van der Waals surface area contributed by atoms with E-state index in [1.807, 2.05) is 38.2 Å². The lowest BCUT2D eigenvalue weighted by Crippen LogP contribution is -2.28. The van der Waals surface area contributed by atoms with E-state index in [4.69, 9.17) is 0 Å². The Balaban J connectivity index is 2.55. The Labute approximate surface area is 115 Å². The van der Waals surface area contributed by atoms with Crippen LogP contribution in [-0.2, 0) is 6.42 Å². The average Bonchev–Trinajstić information content (AvgIpc) is 2.45. The van der Waals surface area contributed by atoms with Crippen LogP contribution in [0.15, 0.2) is 24.3 Å². The van der Waals surface area contributed by atoms with E-state index in [0.717, 1.165) is 24.1 Å². The summed E-state index contributed by atoms with van der Waals surface area (Å²) in [6.07, 6.45) is 1.81. The summed E-state index contributed by atoms with van der Waals surface area (Å²) in [5, 5.41) is 15.4. The fraction of sp³-hybridized carbons (Fsp3) is 0.533. The summed E-state index contributed by atoms with van der Waals surface area (Å²) >= 11 is 0. The standard InChI is InChI=1S/C15H24N2O2/c1-3-13(18)9-11-17-15(19)14-7-5-4-6-12(14)8-10-16-2/h4-7,13,16,18H,3,8-11H2,1-2H3,(H,17,19). The van der Waals surface area contributed by atoms with Gasteiger partial charge < -0.3 is 15.7 Å². The maximum Gasteiger partial charge on any atom is 0.251 e. The molecule has 4 nitrogen and oxygen atoms in total. The monoisotopic (exact) mass is 264 g/mol. The van der Waals surface area contributed by atoms with E-state index in [9.17, 15) is 9.90 Å². The Morgan fingerprint density at radius 2 is 2.05 bits per heavy atom. The molecule has 0 spiro atoms. The molecule has 1 aromatic rings. The highest BCUT2D eigenvalue weighted by molar-refractivity contribution is 5.95. The predicted molar refractivity (Wildman–Crippen MR) is 77.3 cm³/mol. The lowest BCUT2D eigenvalue weighted by atomic mass is 10.0. The van der Waals surface area contributed by atoms with E-state index >= 15 is 0 Å². The van der Waals surface area contributed by atoms with Crippen molar-refractivity contribution in [3.05, 3.63) is 35.4 Å². The molecular weight excluding hydrogens is 240 g/mol. The summed E-state index contributed by atoms with van der Waals surface area (Å²) in [4.78, 5) is 12.1. The summed E-state index contributed by atoms with van der Waals surface area (Å²) in [6, 6.07) is 7.64. The lowest BCUT2D eigenvalue weighted by Gasteiger charge is -2.11. The first-order valence-corrected chi connectivity index (χ1v) is 6.87. The highest BCUT2D eigenvalue weighted by atomic mass is 16.3. The minimum atomic E-state index is -0.333. The van der Waals surface area contributed by atoms with E-state index in [1.165, 1.54) is 0 Å². The Bertz CT molecular complexity index is 393. The van der Waals surface area contributed by atoms with Crippen molar-refractivity contribution >= 4 is 5.91 Å². The molecule has 106 valence electrons. The van der Waals surface area contributed by atoms with Crippen LogP contribution < -0.4 is 10.6 Å². The average molecular weight is 264 g/mol. The van der Waals surface area contributed by atoms with Gasteiger partial charge in [0.1, 0.15) is 0 Å². The number of nitrogens with one attached hydrogen (secondary N) is 2. The number of likely N-dealkylation sites (N-methyl/N-ethyl adjacent to an activating group) is 1. The van der Waals surface area contributed by atoms with Gasteiger partial charge in [-0.05, 0) is 44.5 Å². The summed E-state index contributed by atoms with van der Waals surface area (Å²) in [5.74, 6) is -0.0602. The second-order valence-electron chi connectivity index (χ2n) is 4.62. The number of carbonyl (C=O) groups is 1. The molecule has 1 unspecified atom stereocenters. The van der Waals surface area contributed by atoms with Crippen LogP contribution in [-0.4, -0.2) is 37.3 Å². The molecule has 1 rings (SSSR count). The van der Waals surface area contributed by atoms with Crippen molar-refractivity contribution in [2.24, 2.45) is 0 Å². The minimum absolute atomic E-state index is 0.0602. The smallest absolute Gasteiger partial charge is 0.251 e. The topological polar surface area (TPSA) is 61.4 Å². The van der Waals surface area contributed by atoms with Gasteiger partial charge in [-0.15, -0.1) is 0 Å². The molecule has 0 aliphatic heterocycles. The zero-order valence-corrected chi connectivity index (χ0v) is 11.8. The minimum Gasteiger partial charge on any atom is -0.393 e. The molecular formula is C15H24N2O2. The SMILES string of the molecule is CCC(O)CCNC(=O)c1ccccc1CCNC. The van der Waals surface area contributed by atoms with Gasteiger partial charge in [0, 0.05) is 12.1 Å². The highest BCUT2D eigenvalue weighted by Gasteiger charge is 2.10. The molecule has 0 aromatic heterocycles. The first-order valence-electron chi connectivity index (χ1n) is 6.87. The van der Waals surface area contributed by atoms with Crippen LogP contribution in [0.4, 0.5) is 0 Å². The molecule has 19 heavy (non-hydrogen) atoms. The van der Waals surface area contributed by atoms with Crippen LogP contribution in [0.1, 0.15) is 35.7 Å². The highest BCUT2D eigenvalue weighted by Crippen LogP contribution is 2.09. The normalized spacial score (nSPS) is 12.2. The maximum absolute atomic E-state index is 12.1. The van der Waals surface area contributed by atoms with Crippen LogP contribution in [0.5, 0.6) is 0 Å². The molecule has 4 heteroatoms. The fourth-order valence-corrected chi connectivity index (χ4v) is 1.87. The number of benzene rings is 1. The predicted octanol–water partition coefficient (Wildman–Crippen LogP) is 1.34. The van der Waals surface area contributed by atoms with Crippen LogP contribution in [0.2, 0.25) is 0 Å². The molecule has 3 N–H and O–H groups in total. The van der Waals surface area contributed by atoms with Gasteiger partial charge in [0.2, 0.25) is 0 Å². The molecule has 0 bridgehead atoms. The molecule has 0 fully saturated rings.